The Kier molecular flexibility index (Phi) is 9.27. The van der Waals surface area contributed by atoms with Crippen molar-refractivity contribution in [1.29, 1.82) is 0 Å². The van der Waals surface area contributed by atoms with Crippen LogP contribution in [0, 0.1) is 0 Å². The molecule has 3 rings (SSSR count). The van der Waals surface area contributed by atoms with E-state index in [4.69, 9.17) is 4.74 Å². The Morgan fingerprint density at radius 2 is 1.53 bits per heavy atom. The fourth-order valence-corrected chi connectivity index (χ4v) is 4.25. The van der Waals surface area contributed by atoms with E-state index in [9.17, 15) is 4.79 Å². The average molecular weight is 408 g/mol. The van der Waals surface area contributed by atoms with Crippen molar-refractivity contribution in [3.8, 4) is 5.75 Å². The van der Waals surface area contributed by atoms with Crippen molar-refractivity contribution < 1.29 is 9.53 Å². The Morgan fingerprint density at radius 1 is 0.867 bits per heavy atom. The van der Waals surface area contributed by atoms with Gasteiger partial charge in [-0.3, -0.25) is 4.79 Å². The van der Waals surface area contributed by atoms with Crippen LogP contribution in [0.4, 0.5) is 5.69 Å². The Balaban J connectivity index is 1.41. The molecule has 1 aliphatic carbocycles. The monoisotopic (exact) mass is 407 g/mol. The maximum absolute atomic E-state index is 12.6. The van der Waals surface area contributed by atoms with Crippen molar-refractivity contribution in [2.75, 3.05) is 11.9 Å². The minimum Gasteiger partial charge on any atom is -0.494 e. The molecular weight excluding hydrogens is 370 g/mol. The molecule has 3 nitrogen and oxygen atoms in total. The number of nitrogens with one attached hydrogen (secondary N) is 1. The van der Waals surface area contributed by atoms with E-state index in [2.05, 4.69) is 24.4 Å². The Bertz CT molecular complexity index is 745. The molecule has 0 radical (unpaired) electrons. The molecule has 3 heteroatoms. The lowest BCUT2D eigenvalue weighted by atomic mass is 9.84. The van der Waals surface area contributed by atoms with Gasteiger partial charge in [0.15, 0.2) is 0 Å². The molecule has 0 saturated heterocycles. The molecule has 0 spiro atoms. The van der Waals surface area contributed by atoms with Gasteiger partial charge in [-0.05, 0) is 67.1 Å². The van der Waals surface area contributed by atoms with Crippen LogP contribution in [0.5, 0.6) is 5.75 Å². The van der Waals surface area contributed by atoms with Crippen LogP contribution >= 0.6 is 0 Å². The number of amides is 1. The van der Waals surface area contributed by atoms with Crippen LogP contribution < -0.4 is 10.1 Å². The van der Waals surface area contributed by atoms with Gasteiger partial charge in [-0.2, -0.15) is 0 Å². The number of hydrogen-bond acceptors (Lipinski definition) is 2. The van der Waals surface area contributed by atoms with E-state index in [0.29, 0.717) is 11.5 Å². The van der Waals surface area contributed by atoms with Gasteiger partial charge in [0.2, 0.25) is 0 Å². The predicted molar refractivity (Wildman–Crippen MR) is 126 cm³/mol. The van der Waals surface area contributed by atoms with Crippen molar-refractivity contribution in [3.05, 3.63) is 59.7 Å². The first-order chi connectivity index (χ1) is 14.8. The summed E-state index contributed by atoms with van der Waals surface area (Å²) in [6.45, 7) is 2.99. The normalized spacial score (nSPS) is 14.4. The highest BCUT2D eigenvalue weighted by Gasteiger charge is 2.16. The van der Waals surface area contributed by atoms with E-state index < -0.39 is 0 Å². The molecule has 1 N–H and O–H groups in total. The number of rotatable bonds is 11. The van der Waals surface area contributed by atoms with Crippen LogP contribution in [0.15, 0.2) is 48.5 Å². The van der Waals surface area contributed by atoms with Gasteiger partial charge in [0.25, 0.3) is 5.91 Å². The zero-order valence-corrected chi connectivity index (χ0v) is 18.5. The zero-order chi connectivity index (χ0) is 21.0. The van der Waals surface area contributed by atoms with Crippen molar-refractivity contribution in [1.82, 2.24) is 0 Å². The second-order valence-electron chi connectivity index (χ2n) is 8.55. The number of anilines is 1. The van der Waals surface area contributed by atoms with Gasteiger partial charge in [0.05, 0.1) is 6.61 Å². The Hall–Kier alpha value is -2.29. The fraction of sp³-hybridized carbons (Fsp3) is 0.519. The highest BCUT2D eigenvalue weighted by atomic mass is 16.5. The second kappa shape index (κ2) is 12.4. The molecule has 1 aliphatic rings. The smallest absolute Gasteiger partial charge is 0.255 e. The van der Waals surface area contributed by atoms with Gasteiger partial charge in [-0.15, -0.1) is 0 Å². The molecule has 0 bridgehead atoms. The maximum atomic E-state index is 12.6. The first-order valence-corrected chi connectivity index (χ1v) is 11.9. The molecule has 30 heavy (non-hydrogen) atoms. The topological polar surface area (TPSA) is 38.3 Å². The Morgan fingerprint density at radius 3 is 2.23 bits per heavy atom. The highest BCUT2D eigenvalue weighted by molar-refractivity contribution is 6.04. The number of carbonyl (C=O) groups excluding carboxylic acids is 1. The Labute approximate surface area is 182 Å². The zero-order valence-electron chi connectivity index (χ0n) is 18.5. The molecule has 0 aliphatic heterocycles. The molecule has 1 saturated carbocycles. The van der Waals surface area contributed by atoms with E-state index in [1.54, 1.807) is 0 Å². The summed E-state index contributed by atoms with van der Waals surface area (Å²) in [7, 11) is 0. The van der Waals surface area contributed by atoms with Crippen LogP contribution in [0.25, 0.3) is 0 Å². The summed E-state index contributed by atoms with van der Waals surface area (Å²) in [5.41, 5.74) is 2.87. The minimum absolute atomic E-state index is 0.0639. The SMILES string of the molecule is CCCCCCCCOc1ccc(NC(=O)c2ccc(C3CCCCC3)cc2)cc1. The fourth-order valence-electron chi connectivity index (χ4n) is 4.25. The van der Waals surface area contributed by atoms with Crippen LogP contribution in [-0.2, 0) is 0 Å². The third kappa shape index (κ3) is 7.19. The predicted octanol–water partition coefficient (Wildman–Crippen LogP) is 7.73. The molecular formula is C27H37NO2. The van der Waals surface area contributed by atoms with E-state index in [-0.39, 0.29) is 5.91 Å². The molecule has 2 aromatic rings. The number of benzene rings is 2. The first kappa shape index (κ1) is 22.4. The van der Waals surface area contributed by atoms with Gasteiger partial charge in [-0.1, -0.05) is 70.4 Å². The molecule has 0 atom stereocenters. The number of unbranched alkanes of at least 4 members (excludes halogenated alkanes) is 5. The maximum Gasteiger partial charge on any atom is 0.255 e. The summed E-state index contributed by atoms with van der Waals surface area (Å²) in [6.07, 6.45) is 14.1. The molecule has 1 amide bonds. The molecule has 0 unspecified atom stereocenters. The van der Waals surface area contributed by atoms with E-state index in [1.807, 2.05) is 36.4 Å². The van der Waals surface area contributed by atoms with Gasteiger partial charge >= 0.3 is 0 Å². The second-order valence-corrected chi connectivity index (χ2v) is 8.55. The minimum atomic E-state index is -0.0639. The number of carbonyl (C=O) groups is 1. The highest BCUT2D eigenvalue weighted by Crippen LogP contribution is 2.32. The van der Waals surface area contributed by atoms with Crippen LogP contribution in [0.3, 0.4) is 0 Å². The summed E-state index contributed by atoms with van der Waals surface area (Å²) in [4.78, 5) is 12.6. The van der Waals surface area contributed by atoms with Crippen LogP contribution in [0.2, 0.25) is 0 Å². The van der Waals surface area contributed by atoms with E-state index >= 15 is 0 Å². The summed E-state index contributed by atoms with van der Waals surface area (Å²) < 4.78 is 5.82. The van der Waals surface area contributed by atoms with Gasteiger partial charge in [0, 0.05) is 11.3 Å². The van der Waals surface area contributed by atoms with E-state index in [1.165, 1.54) is 69.8 Å². The lowest BCUT2D eigenvalue weighted by Gasteiger charge is -2.22. The number of hydrogen-bond donors (Lipinski definition) is 1. The van der Waals surface area contributed by atoms with Crippen molar-refractivity contribution in [2.45, 2.75) is 83.5 Å². The standard InChI is InChI=1S/C27H37NO2/c1-2-3-4-5-6-10-21-30-26-19-17-25(18-20-26)28-27(29)24-15-13-23(14-16-24)22-11-8-7-9-12-22/h13-20,22H,2-12,21H2,1H3,(H,28,29). The summed E-state index contributed by atoms with van der Waals surface area (Å²) in [6, 6.07) is 15.8. The van der Waals surface area contributed by atoms with Gasteiger partial charge < -0.3 is 10.1 Å². The summed E-state index contributed by atoms with van der Waals surface area (Å²) in [5, 5.41) is 2.99. The van der Waals surface area contributed by atoms with Crippen molar-refractivity contribution in [3.63, 3.8) is 0 Å². The summed E-state index contributed by atoms with van der Waals surface area (Å²) >= 11 is 0. The largest absolute Gasteiger partial charge is 0.494 e. The van der Waals surface area contributed by atoms with Crippen LogP contribution in [0.1, 0.15) is 99.4 Å². The molecule has 2 aromatic carbocycles. The average Bonchev–Trinajstić information content (AvgIpc) is 2.80. The van der Waals surface area contributed by atoms with E-state index in [0.717, 1.165) is 24.5 Å². The lowest BCUT2D eigenvalue weighted by Crippen LogP contribution is -2.12. The molecule has 0 aromatic heterocycles. The molecule has 162 valence electrons. The lowest BCUT2D eigenvalue weighted by molar-refractivity contribution is 0.102. The quantitative estimate of drug-likeness (QED) is 0.387. The summed E-state index contributed by atoms with van der Waals surface area (Å²) in [5.74, 6) is 1.46. The van der Waals surface area contributed by atoms with Crippen molar-refractivity contribution in [2.24, 2.45) is 0 Å². The molecule has 1 fully saturated rings. The van der Waals surface area contributed by atoms with Crippen molar-refractivity contribution >= 4 is 11.6 Å². The van der Waals surface area contributed by atoms with Gasteiger partial charge in [-0.25, -0.2) is 0 Å². The van der Waals surface area contributed by atoms with Gasteiger partial charge in [0.1, 0.15) is 5.75 Å². The third-order valence-electron chi connectivity index (χ3n) is 6.13. The third-order valence-corrected chi connectivity index (χ3v) is 6.13. The number of ether oxygens (including phenoxy) is 1. The van der Waals surface area contributed by atoms with Crippen LogP contribution in [-0.4, -0.2) is 12.5 Å². The molecule has 0 heterocycles. The first-order valence-electron chi connectivity index (χ1n) is 11.9.